The summed E-state index contributed by atoms with van der Waals surface area (Å²) in [4.78, 5) is 12.9. The number of carbonyl (C=O) groups is 1. The van der Waals surface area contributed by atoms with Gasteiger partial charge >= 0.3 is 0 Å². The number of carbonyl (C=O) groups excluding carboxylic acids is 1. The van der Waals surface area contributed by atoms with Gasteiger partial charge in [0.05, 0.1) is 18.0 Å². The van der Waals surface area contributed by atoms with E-state index in [4.69, 9.17) is 0 Å². The number of nitrogens with one attached hydrogen (secondary N) is 1. The molecule has 0 spiro atoms. The molecule has 1 atom stereocenters. The van der Waals surface area contributed by atoms with Gasteiger partial charge in [-0.15, -0.1) is 0 Å². The second kappa shape index (κ2) is 9.21. The highest BCUT2D eigenvalue weighted by atomic mass is 32.2. The highest BCUT2D eigenvalue weighted by Gasteiger charge is 2.23. The van der Waals surface area contributed by atoms with Crippen molar-refractivity contribution in [3.8, 4) is 0 Å². The van der Waals surface area contributed by atoms with E-state index in [2.05, 4.69) is 23.5 Å². The van der Waals surface area contributed by atoms with Crippen LogP contribution in [0.15, 0.2) is 36.4 Å². The lowest BCUT2D eigenvalue weighted by molar-refractivity contribution is -0.120. The monoisotopic (exact) mass is 428 g/mol. The molecule has 0 radical (unpaired) electrons. The number of hydrogen-bond acceptors (Lipinski definition) is 3. The van der Waals surface area contributed by atoms with Crippen molar-refractivity contribution in [3.05, 3.63) is 64.2 Å². The van der Waals surface area contributed by atoms with Gasteiger partial charge < -0.3 is 5.32 Å². The number of amides is 1. The molecule has 162 valence electrons. The zero-order valence-electron chi connectivity index (χ0n) is 18.4. The summed E-state index contributed by atoms with van der Waals surface area (Å²) in [5.41, 5.74) is 6.30. The maximum atomic E-state index is 12.9. The third-order valence-electron chi connectivity index (χ3n) is 5.70. The minimum absolute atomic E-state index is 0.134. The first-order valence-corrected chi connectivity index (χ1v) is 12.5. The van der Waals surface area contributed by atoms with E-state index in [-0.39, 0.29) is 18.5 Å². The van der Waals surface area contributed by atoms with Gasteiger partial charge in [0.15, 0.2) is 0 Å². The Labute approximate surface area is 180 Å². The molecule has 0 unspecified atom stereocenters. The molecule has 5 nitrogen and oxygen atoms in total. The Hall–Kier alpha value is -2.34. The number of anilines is 1. The van der Waals surface area contributed by atoms with Crippen LogP contribution in [0.25, 0.3) is 0 Å². The zero-order chi connectivity index (χ0) is 21.9. The Bertz CT molecular complexity index is 1010. The molecule has 0 saturated heterocycles. The van der Waals surface area contributed by atoms with Crippen molar-refractivity contribution in [2.45, 2.75) is 58.9 Å². The van der Waals surface area contributed by atoms with Crippen molar-refractivity contribution >= 4 is 21.6 Å². The third kappa shape index (κ3) is 5.42. The second-order valence-corrected chi connectivity index (χ2v) is 10.3. The number of nitrogens with zero attached hydrogens (tertiary/aromatic N) is 1. The predicted octanol–water partition coefficient (Wildman–Crippen LogP) is 4.22. The molecule has 1 aliphatic rings. The van der Waals surface area contributed by atoms with Crippen LogP contribution in [-0.4, -0.2) is 27.1 Å². The summed E-state index contributed by atoms with van der Waals surface area (Å²) >= 11 is 0. The van der Waals surface area contributed by atoms with E-state index in [0.717, 1.165) is 42.2 Å². The van der Waals surface area contributed by atoms with E-state index in [1.54, 1.807) is 12.1 Å². The molecule has 3 rings (SSSR count). The number of sulfonamides is 1. The minimum atomic E-state index is -3.59. The van der Waals surface area contributed by atoms with E-state index in [1.165, 1.54) is 28.3 Å². The Morgan fingerprint density at radius 1 is 1.03 bits per heavy atom. The summed E-state index contributed by atoms with van der Waals surface area (Å²) in [7, 11) is -3.59. The first-order chi connectivity index (χ1) is 14.2. The summed E-state index contributed by atoms with van der Waals surface area (Å²) in [6.45, 7) is 5.63. The number of aryl methyl sites for hydroxylation is 4. The fourth-order valence-electron chi connectivity index (χ4n) is 4.26. The maximum absolute atomic E-state index is 12.9. The van der Waals surface area contributed by atoms with Gasteiger partial charge in [-0.25, -0.2) is 8.42 Å². The molecule has 30 heavy (non-hydrogen) atoms. The molecule has 0 aromatic heterocycles. The van der Waals surface area contributed by atoms with E-state index in [0.29, 0.717) is 5.69 Å². The first kappa shape index (κ1) is 22.3. The van der Waals surface area contributed by atoms with Crippen molar-refractivity contribution in [1.29, 1.82) is 0 Å². The van der Waals surface area contributed by atoms with Crippen LogP contribution in [0.1, 0.15) is 60.0 Å². The van der Waals surface area contributed by atoms with Gasteiger partial charge in [0, 0.05) is 0 Å². The van der Waals surface area contributed by atoms with Gasteiger partial charge in [-0.05, 0) is 85.9 Å². The summed E-state index contributed by atoms with van der Waals surface area (Å²) in [5.74, 6) is -0.302. The molecular formula is C24H32N2O3S. The van der Waals surface area contributed by atoms with Crippen LogP contribution in [0.2, 0.25) is 0 Å². The minimum Gasteiger partial charge on any atom is -0.348 e. The maximum Gasteiger partial charge on any atom is 0.241 e. The molecule has 2 aromatic carbocycles. The molecule has 6 heteroatoms. The van der Waals surface area contributed by atoms with Crippen LogP contribution >= 0.6 is 0 Å². The molecule has 0 saturated carbocycles. The van der Waals surface area contributed by atoms with Gasteiger partial charge in [0.25, 0.3) is 0 Å². The first-order valence-electron chi connectivity index (χ1n) is 10.6. The number of hydrogen-bond donors (Lipinski definition) is 1. The van der Waals surface area contributed by atoms with Crippen molar-refractivity contribution in [1.82, 2.24) is 5.32 Å². The molecule has 0 bridgehead atoms. The molecular weight excluding hydrogens is 396 g/mol. The van der Waals surface area contributed by atoms with Crippen LogP contribution in [0, 0.1) is 13.8 Å². The van der Waals surface area contributed by atoms with Crippen molar-refractivity contribution in [3.63, 3.8) is 0 Å². The lowest BCUT2D eigenvalue weighted by Gasteiger charge is -2.25. The average Bonchev–Trinajstić information content (AvgIpc) is 2.68. The van der Waals surface area contributed by atoms with Crippen LogP contribution in [0.4, 0.5) is 5.69 Å². The highest BCUT2D eigenvalue weighted by molar-refractivity contribution is 7.92. The quantitative estimate of drug-likeness (QED) is 0.718. The van der Waals surface area contributed by atoms with Gasteiger partial charge in [0.2, 0.25) is 15.9 Å². The van der Waals surface area contributed by atoms with Crippen molar-refractivity contribution < 1.29 is 13.2 Å². The molecule has 0 heterocycles. The molecule has 0 aliphatic heterocycles. The Morgan fingerprint density at radius 2 is 1.67 bits per heavy atom. The van der Waals surface area contributed by atoms with Gasteiger partial charge in [0.1, 0.15) is 6.54 Å². The lowest BCUT2D eigenvalue weighted by Crippen LogP contribution is -2.41. The molecule has 0 fully saturated rings. The van der Waals surface area contributed by atoms with Crippen LogP contribution < -0.4 is 9.62 Å². The van der Waals surface area contributed by atoms with Crippen LogP contribution in [0.5, 0.6) is 0 Å². The topological polar surface area (TPSA) is 66.5 Å². The lowest BCUT2D eigenvalue weighted by atomic mass is 9.89. The molecule has 2 aromatic rings. The second-order valence-electron chi connectivity index (χ2n) is 8.38. The van der Waals surface area contributed by atoms with Crippen molar-refractivity contribution in [2.24, 2.45) is 0 Å². The third-order valence-corrected chi connectivity index (χ3v) is 6.84. The van der Waals surface area contributed by atoms with Crippen LogP contribution in [-0.2, 0) is 27.7 Å². The van der Waals surface area contributed by atoms with Gasteiger partial charge in [-0.3, -0.25) is 9.10 Å². The fraction of sp³-hybridized carbons (Fsp3) is 0.458. The Kier molecular flexibility index (Phi) is 6.86. The van der Waals surface area contributed by atoms with Gasteiger partial charge in [-0.2, -0.15) is 0 Å². The van der Waals surface area contributed by atoms with E-state index < -0.39 is 10.0 Å². The molecule has 1 amide bonds. The zero-order valence-corrected chi connectivity index (χ0v) is 19.2. The Balaban J connectivity index is 1.78. The summed E-state index contributed by atoms with van der Waals surface area (Å²) in [6, 6.07) is 11.9. The van der Waals surface area contributed by atoms with Crippen molar-refractivity contribution in [2.75, 3.05) is 17.1 Å². The SMILES string of the molecule is CC[C@@H](NC(=O)CN(c1cc(C)cc(C)c1)S(C)(=O)=O)c1ccc2c(c1)CCCC2. The predicted molar refractivity (Wildman–Crippen MR) is 122 cm³/mol. The van der Waals surface area contributed by atoms with E-state index in [9.17, 15) is 13.2 Å². The highest BCUT2D eigenvalue weighted by Crippen LogP contribution is 2.26. The van der Waals surface area contributed by atoms with Gasteiger partial charge in [-0.1, -0.05) is 31.2 Å². The fourth-order valence-corrected chi connectivity index (χ4v) is 5.10. The smallest absolute Gasteiger partial charge is 0.241 e. The Morgan fingerprint density at radius 3 is 2.27 bits per heavy atom. The number of rotatable bonds is 7. The van der Waals surface area contributed by atoms with Crippen LogP contribution in [0.3, 0.4) is 0 Å². The summed E-state index contributed by atoms with van der Waals surface area (Å²) < 4.78 is 26.0. The molecule has 1 N–H and O–H groups in total. The van der Waals surface area contributed by atoms with E-state index >= 15 is 0 Å². The number of fused-ring (bicyclic) bond motifs is 1. The normalized spacial score (nSPS) is 14.7. The average molecular weight is 429 g/mol. The van der Waals surface area contributed by atoms with E-state index in [1.807, 2.05) is 26.8 Å². The number of benzene rings is 2. The summed E-state index contributed by atoms with van der Waals surface area (Å²) in [5, 5.41) is 3.05. The largest absolute Gasteiger partial charge is 0.348 e. The molecule has 1 aliphatic carbocycles. The summed E-state index contributed by atoms with van der Waals surface area (Å²) in [6.07, 6.45) is 6.53. The standard InChI is InChI=1S/C24H32N2O3S/c1-5-23(21-11-10-19-8-6-7-9-20(19)15-21)25-24(27)16-26(30(4,28)29)22-13-17(2)12-18(3)14-22/h10-15,23H,5-9,16H2,1-4H3,(H,25,27)/t23-/m1/s1.